The standard InChI is InChI=1S/C20H22N4O2S/c1-13-3-5-15-11-21-19-22-20(23-24(19)16(15)9-13)27-12-14-4-6-17-18(10-14)26-8-2-7-25-17/h4,6,10-11,13H,2-3,5,7-9,12H2,1H3. The Balaban J connectivity index is 1.36. The SMILES string of the molecule is CC1CCc2cnc3nc(SCc4ccc5c(c4)OCCCO5)nn3c2C1. The van der Waals surface area contributed by atoms with Crippen LogP contribution in [0.2, 0.25) is 0 Å². The van der Waals surface area contributed by atoms with Gasteiger partial charge in [0.1, 0.15) is 0 Å². The number of hydrogen-bond donors (Lipinski definition) is 0. The van der Waals surface area contributed by atoms with E-state index in [-0.39, 0.29) is 0 Å². The van der Waals surface area contributed by atoms with Gasteiger partial charge in [-0.15, -0.1) is 5.10 Å². The fourth-order valence-electron chi connectivity index (χ4n) is 3.66. The van der Waals surface area contributed by atoms with Crippen molar-refractivity contribution in [3.8, 4) is 11.5 Å². The normalized spacial score (nSPS) is 18.9. The summed E-state index contributed by atoms with van der Waals surface area (Å²) in [5.41, 5.74) is 3.75. The molecule has 7 heteroatoms. The highest BCUT2D eigenvalue weighted by molar-refractivity contribution is 7.98. The molecule has 0 radical (unpaired) electrons. The van der Waals surface area contributed by atoms with E-state index in [1.165, 1.54) is 23.2 Å². The number of aromatic nitrogens is 4. The molecule has 5 rings (SSSR count). The van der Waals surface area contributed by atoms with Gasteiger partial charge >= 0.3 is 0 Å². The first-order valence-electron chi connectivity index (χ1n) is 9.51. The fraction of sp³-hybridized carbons (Fsp3) is 0.450. The van der Waals surface area contributed by atoms with E-state index in [4.69, 9.17) is 14.6 Å². The lowest BCUT2D eigenvalue weighted by atomic mass is 9.89. The molecule has 1 aromatic carbocycles. The Kier molecular flexibility index (Phi) is 4.39. The van der Waals surface area contributed by atoms with Gasteiger partial charge in [0.05, 0.1) is 18.9 Å². The zero-order valence-corrected chi connectivity index (χ0v) is 16.2. The predicted molar refractivity (Wildman–Crippen MR) is 104 cm³/mol. The molecule has 0 bridgehead atoms. The molecular formula is C20H22N4O2S. The maximum Gasteiger partial charge on any atom is 0.253 e. The minimum absolute atomic E-state index is 0.685. The summed E-state index contributed by atoms with van der Waals surface area (Å²) in [6.07, 6.45) is 6.24. The Morgan fingerprint density at radius 3 is 3.04 bits per heavy atom. The summed E-state index contributed by atoms with van der Waals surface area (Å²) in [5, 5.41) is 5.49. The number of aryl methyl sites for hydroxylation is 1. The fourth-order valence-corrected chi connectivity index (χ4v) is 4.42. The van der Waals surface area contributed by atoms with Crippen LogP contribution in [-0.4, -0.2) is 32.8 Å². The molecule has 2 aliphatic rings. The van der Waals surface area contributed by atoms with Gasteiger partial charge in [0.2, 0.25) is 5.16 Å². The number of fused-ring (bicyclic) bond motifs is 4. The molecule has 1 atom stereocenters. The third kappa shape index (κ3) is 3.36. The summed E-state index contributed by atoms with van der Waals surface area (Å²) in [6.45, 7) is 3.71. The minimum atomic E-state index is 0.685. The average Bonchev–Trinajstić information content (AvgIpc) is 2.96. The zero-order chi connectivity index (χ0) is 18.2. The molecule has 3 aromatic rings. The molecule has 0 saturated heterocycles. The highest BCUT2D eigenvalue weighted by Crippen LogP contribution is 2.32. The van der Waals surface area contributed by atoms with E-state index in [9.17, 15) is 0 Å². The number of ether oxygens (including phenoxy) is 2. The van der Waals surface area contributed by atoms with Crippen LogP contribution >= 0.6 is 11.8 Å². The van der Waals surface area contributed by atoms with Crippen LogP contribution in [-0.2, 0) is 18.6 Å². The van der Waals surface area contributed by atoms with Crippen LogP contribution in [0, 0.1) is 5.92 Å². The molecule has 6 nitrogen and oxygen atoms in total. The molecule has 0 fully saturated rings. The van der Waals surface area contributed by atoms with E-state index in [0.29, 0.717) is 24.9 Å². The Labute approximate surface area is 162 Å². The molecule has 1 unspecified atom stereocenters. The van der Waals surface area contributed by atoms with E-state index >= 15 is 0 Å². The lowest BCUT2D eigenvalue weighted by Crippen LogP contribution is -2.16. The van der Waals surface area contributed by atoms with E-state index < -0.39 is 0 Å². The van der Waals surface area contributed by atoms with Crippen molar-refractivity contribution < 1.29 is 9.47 Å². The maximum absolute atomic E-state index is 5.78. The molecule has 0 N–H and O–H groups in total. The lowest BCUT2D eigenvalue weighted by Gasteiger charge is -2.20. The van der Waals surface area contributed by atoms with Crippen molar-refractivity contribution >= 4 is 17.5 Å². The van der Waals surface area contributed by atoms with Crippen molar-refractivity contribution in [1.82, 2.24) is 19.6 Å². The van der Waals surface area contributed by atoms with Crippen LogP contribution in [0.1, 0.15) is 36.6 Å². The molecule has 0 amide bonds. The van der Waals surface area contributed by atoms with Gasteiger partial charge in [0, 0.05) is 18.4 Å². The van der Waals surface area contributed by atoms with Gasteiger partial charge in [-0.3, -0.25) is 0 Å². The van der Waals surface area contributed by atoms with Crippen molar-refractivity contribution in [3.63, 3.8) is 0 Å². The predicted octanol–water partition coefficient (Wildman–Crippen LogP) is 3.70. The summed E-state index contributed by atoms with van der Waals surface area (Å²) in [7, 11) is 0. The van der Waals surface area contributed by atoms with Crippen LogP contribution < -0.4 is 9.47 Å². The van der Waals surface area contributed by atoms with E-state index in [1.807, 2.05) is 16.8 Å². The molecule has 1 aliphatic heterocycles. The number of hydrogen-bond acceptors (Lipinski definition) is 6. The topological polar surface area (TPSA) is 61.5 Å². The number of benzene rings is 1. The molecule has 0 spiro atoms. The molecule has 1 aliphatic carbocycles. The zero-order valence-electron chi connectivity index (χ0n) is 15.4. The number of thioether (sulfide) groups is 1. The van der Waals surface area contributed by atoms with Gasteiger partial charge in [-0.25, -0.2) is 4.98 Å². The Morgan fingerprint density at radius 1 is 1.22 bits per heavy atom. The van der Waals surface area contributed by atoms with Gasteiger partial charge in [0.15, 0.2) is 11.5 Å². The number of nitrogens with zero attached hydrogens (tertiary/aromatic N) is 4. The van der Waals surface area contributed by atoms with E-state index in [0.717, 1.165) is 41.7 Å². The van der Waals surface area contributed by atoms with Crippen LogP contribution in [0.25, 0.3) is 5.78 Å². The Hall–Kier alpha value is -2.28. The molecule has 2 aromatic heterocycles. The second-order valence-corrected chi connectivity index (χ2v) is 8.25. The summed E-state index contributed by atoms with van der Waals surface area (Å²) < 4.78 is 13.4. The van der Waals surface area contributed by atoms with Crippen molar-refractivity contribution in [3.05, 3.63) is 41.2 Å². The first kappa shape index (κ1) is 16.9. The van der Waals surface area contributed by atoms with Crippen LogP contribution in [0.3, 0.4) is 0 Å². The molecule has 0 saturated carbocycles. The van der Waals surface area contributed by atoms with Crippen molar-refractivity contribution in [1.29, 1.82) is 0 Å². The quantitative estimate of drug-likeness (QED) is 0.644. The number of rotatable bonds is 3. The van der Waals surface area contributed by atoms with E-state index in [2.05, 4.69) is 29.0 Å². The third-order valence-electron chi connectivity index (χ3n) is 5.16. The molecular weight excluding hydrogens is 360 g/mol. The van der Waals surface area contributed by atoms with Crippen molar-refractivity contribution in [2.24, 2.45) is 5.92 Å². The van der Waals surface area contributed by atoms with Gasteiger partial charge in [-0.2, -0.15) is 9.50 Å². The summed E-state index contributed by atoms with van der Waals surface area (Å²) >= 11 is 1.63. The van der Waals surface area contributed by atoms with Crippen LogP contribution in [0.5, 0.6) is 11.5 Å². The highest BCUT2D eigenvalue weighted by Gasteiger charge is 2.20. The van der Waals surface area contributed by atoms with Gasteiger partial charge in [-0.05, 0) is 48.4 Å². The largest absolute Gasteiger partial charge is 0.490 e. The van der Waals surface area contributed by atoms with Crippen molar-refractivity contribution in [2.45, 2.75) is 43.5 Å². The monoisotopic (exact) mass is 382 g/mol. The van der Waals surface area contributed by atoms with Crippen LogP contribution in [0.15, 0.2) is 29.6 Å². The molecule has 140 valence electrons. The van der Waals surface area contributed by atoms with Crippen LogP contribution in [0.4, 0.5) is 0 Å². The lowest BCUT2D eigenvalue weighted by molar-refractivity contribution is 0.297. The third-order valence-corrected chi connectivity index (χ3v) is 6.07. The van der Waals surface area contributed by atoms with Crippen molar-refractivity contribution in [2.75, 3.05) is 13.2 Å². The van der Waals surface area contributed by atoms with Gasteiger partial charge in [-0.1, -0.05) is 24.8 Å². The highest BCUT2D eigenvalue weighted by atomic mass is 32.2. The summed E-state index contributed by atoms with van der Waals surface area (Å²) in [6, 6.07) is 6.14. The second kappa shape index (κ2) is 7.03. The van der Waals surface area contributed by atoms with E-state index in [1.54, 1.807) is 11.8 Å². The second-order valence-electron chi connectivity index (χ2n) is 7.30. The maximum atomic E-state index is 5.78. The summed E-state index contributed by atoms with van der Waals surface area (Å²) in [5.74, 6) is 3.83. The van der Waals surface area contributed by atoms with Gasteiger partial charge < -0.3 is 9.47 Å². The smallest absolute Gasteiger partial charge is 0.253 e. The van der Waals surface area contributed by atoms with Gasteiger partial charge in [0.25, 0.3) is 5.78 Å². The first-order valence-corrected chi connectivity index (χ1v) is 10.5. The Bertz CT molecular complexity index is 988. The summed E-state index contributed by atoms with van der Waals surface area (Å²) in [4.78, 5) is 9.11. The average molecular weight is 382 g/mol. The molecule has 3 heterocycles. The molecule has 27 heavy (non-hydrogen) atoms. The minimum Gasteiger partial charge on any atom is -0.490 e. The Morgan fingerprint density at radius 2 is 2.11 bits per heavy atom. The first-order chi connectivity index (χ1) is 13.3.